The molecule has 0 N–H and O–H groups in total. The van der Waals surface area contributed by atoms with Gasteiger partial charge >= 0.3 is 0 Å². The highest BCUT2D eigenvalue weighted by Crippen LogP contribution is 2.34. The molecule has 3 aromatic rings. The number of carbonyl (C=O) groups excluding carboxylic acids is 1. The number of amides is 1. The average Bonchev–Trinajstić information content (AvgIpc) is 3.38. The maximum absolute atomic E-state index is 14.0. The summed E-state index contributed by atoms with van der Waals surface area (Å²) in [5.41, 5.74) is 4.59. The summed E-state index contributed by atoms with van der Waals surface area (Å²) in [5.74, 6) is -0.0783. The van der Waals surface area contributed by atoms with Crippen LogP contribution in [0.15, 0.2) is 57.9 Å². The Labute approximate surface area is 232 Å². The summed E-state index contributed by atoms with van der Waals surface area (Å²) in [4.78, 5) is 15.0. The van der Waals surface area contributed by atoms with Gasteiger partial charge in [0.25, 0.3) is 15.9 Å². The minimum atomic E-state index is -3.78. The van der Waals surface area contributed by atoms with E-state index in [1.807, 2.05) is 39.8 Å². The first-order valence-corrected chi connectivity index (χ1v) is 14.7. The Kier molecular flexibility index (Phi) is 8.18. The molecule has 1 unspecified atom stereocenters. The molecule has 0 saturated carbocycles. The first kappa shape index (κ1) is 28.1. The molecule has 9 heteroatoms. The smallest absolute Gasteiger partial charge is 0.264 e. The number of hydrogen-bond acceptors (Lipinski definition) is 4. The number of carbonyl (C=O) groups is 1. The van der Waals surface area contributed by atoms with Gasteiger partial charge in [0.2, 0.25) is 0 Å². The molecule has 1 heterocycles. The maximum Gasteiger partial charge on any atom is 0.264 e. The lowest BCUT2D eigenvalue weighted by atomic mass is 10.0. The van der Waals surface area contributed by atoms with E-state index in [2.05, 4.69) is 15.9 Å². The standard InChI is InChI=1S/C29H32BrFN2O4S/c1-18-15-19(2)21(4)29(20(18)3)38(35,36)32(5)23-9-11-24(12-10-23)37-17-28(34)33-14-6-7-27(33)22-8-13-25(30)26(31)16-22/h8-13,15-16,27H,6-7,14,17H2,1-5H3. The van der Waals surface area contributed by atoms with Crippen LogP contribution in [0.2, 0.25) is 0 Å². The van der Waals surface area contributed by atoms with E-state index in [1.165, 1.54) is 17.4 Å². The van der Waals surface area contributed by atoms with Gasteiger partial charge in [0.15, 0.2) is 6.61 Å². The highest BCUT2D eigenvalue weighted by atomic mass is 79.9. The molecule has 4 rings (SSSR count). The quantitative estimate of drug-likeness (QED) is 0.314. The van der Waals surface area contributed by atoms with Gasteiger partial charge in [-0.2, -0.15) is 0 Å². The van der Waals surface area contributed by atoms with Crippen LogP contribution in [0.4, 0.5) is 10.1 Å². The number of benzene rings is 3. The Morgan fingerprint density at radius 1 is 1.05 bits per heavy atom. The fraction of sp³-hybridized carbons (Fsp3) is 0.345. The van der Waals surface area contributed by atoms with Crippen LogP contribution in [0.3, 0.4) is 0 Å². The number of halogens is 2. The molecular formula is C29H32BrFN2O4S. The molecule has 6 nitrogen and oxygen atoms in total. The van der Waals surface area contributed by atoms with Crippen molar-refractivity contribution in [2.75, 3.05) is 24.5 Å². The van der Waals surface area contributed by atoms with E-state index in [9.17, 15) is 17.6 Å². The number of ether oxygens (including phenoxy) is 1. The Morgan fingerprint density at radius 2 is 1.68 bits per heavy atom. The molecule has 38 heavy (non-hydrogen) atoms. The van der Waals surface area contributed by atoms with Gasteiger partial charge in [-0.25, -0.2) is 12.8 Å². The zero-order chi connectivity index (χ0) is 27.8. The summed E-state index contributed by atoms with van der Waals surface area (Å²) in [5, 5.41) is 0. The molecule has 202 valence electrons. The summed E-state index contributed by atoms with van der Waals surface area (Å²) in [7, 11) is -2.25. The average molecular weight is 604 g/mol. The summed E-state index contributed by atoms with van der Waals surface area (Å²) in [6.45, 7) is 7.90. The molecule has 0 aliphatic carbocycles. The second kappa shape index (κ2) is 11.1. The van der Waals surface area contributed by atoms with E-state index in [1.54, 1.807) is 35.2 Å². The normalized spacial score (nSPS) is 15.6. The zero-order valence-corrected chi connectivity index (χ0v) is 24.6. The van der Waals surface area contributed by atoms with Gasteiger partial charge < -0.3 is 9.64 Å². The minimum Gasteiger partial charge on any atom is -0.484 e. The summed E-state index contributed by atoms with van der Waals surface area (Å²) < 4.78 is 48.5. The number of nitrogens with zero attached hydrogens (tertiary/aromatic N) is 2. The molecule has 3 aromatic carbocycles. The number of rotatable bonds is 7. The van der Waals surface area contributed by atoms with Crippen molar-refractivity contribution in [3.63, 3.8) is 0 Å². The van der Waals surface area contributed by atoms with Gasteiger partial charge in [-0.15, -0.1) is 0 Å². The van der Waals surface area contributed by atoms with Crippen molar-refractivity contribution < 1.29 is 22.3 Å². The fourth-order valence-electron chi connectivity index (χ4n) is 4.96. The van der Waals surface area contributed by atoms with Gasteiger partial charge in [0.1, 0.15) is 11.6 Å². The zero-order valence-electron chi connectivity index (χ0n) is 22.2. The van der Waals surface area contributed by atoms with Crippen LogP contribution in [0.1, 0.15) is 46.7 Å². The van der Waals surface area contributed by atoms with Crippen molar-refractivity contribution in [3.8, 4) is 5.75 Å². The monoisotopic (exact) mass is 602 g/mol. The second-order valence-corrected chi connectivity index (χ2v) is 12.5. The fourth-order valence-corrected chi connectivity index (χ4v) is 6.97. The Bertz CT molecular complexity index is 1450. The highest BCUT2D eigenvalue weighted by molar-refractivity contribution is 9.10. The summed E-state index contributed by atoms with van der Waals surface area (Å²) >= 11 is 3.17. The van der Waals surface area contributed by atoms with E-state index < -0.39 is 10.0 Å². The van der Waals surface area contributed by atoms with Crippen molar-refractivity contribution >= 4 is 37.5 Å². The highest BCUT2D eigenvalue weighted by Gasteiger charge is 2.31. The number of likely N-dealkylation sites (tertiary alicyclic amines) is 1. The van der Waals surface area contributed by atoms with Crippen molar-refractivity contribution in [2.45, 2.75) is 51.5 Å². The van der Waals surface area contributed by atoms with Crippen LogP contribution in [0.25, 0.3) is 0 Å². The Morgan fingerprint density at radius 3 is 2.29 bits per heavy atom. The third-order valence-electron chi connectivity index (χ3n) is 7.38. The van der Waals surface area contributed by atoms with E-state index in [-0.39, 0.29) is 24.4 Å². The molecule has 1 aliphatic rings. The van der Waals surface area contributed by atoms with Crippen LogP contribution in [-0.2, 0) is 14.8 Å². The number of anilines is 1. The lowest BCUT2D eigenvalue weighted by Crippen LogP contribution is -2.34. The minimum absolute atomic E-state index is 0.163. The number of sulfonamides is 1. The molecule has 0 radical (unpaired) electrons. The Balaban J connectivity index is 1.45. The lowest BCUT2D eigenvalue weighted by molar-refractivity contribution is -0.134. The van der Waals surface area contributed by atoms with Gasteiger partial charge in [-0.1, -0.05) is 12.1 Å². The first-order chi connectivity index (χ1) is 17.9. The summed E-state index contributed by atoms with van der Waals surface area (Å²) in [6.07, 6.45) is 1.60. The van der Waals surface area contributed by atoms with Crippen LogP contribution in [0, 0.1) is 33.5 Å². The summed E-state index contributed by atoms with van der Waals surface area (Å²) in [6, 6.07) is 13.4. The molecule has 1 saturated heterocycles. The predicted molar refractivity (Wildman–Crippen MR) is 151 cm³/mol. The van der Waals surface area contributed by atoms with E-state index in [0.29, 0.717) is 27.3 Å². The van der Waals surface area contributed by atoms with Crippen LogP contribution in [0.5, 0.6) is 5.75 Å². The van der Waals surface area contributed by atoms with Gasteiger partial charge in [0.05, 0.1) is 21.1 Å². The second-order valence-electron chi connectivity index (χ2n) is 9.76. The molecule has 0 aromatic heterocycles. The van der Waals surface area contributed by atoms with Crippen molar-refractivity contribution in [2.24, 2.45) is 0 Å². The lowest BCUT2D eigenvalue weighted by Gasteiger charge is -2.25. The predicted octanol–water partition coefficient (Wildman–Crippen LogP) is 6.39. The van der Waals surface area contributed by atoms with E-state index in [0.717, 1.165) is 40.7 Å². The molecule has 1 fully saturated rings. The molecule has 1 amide bonds. The molecule has 1 aliphatic heterocycles. The number of hydrogen-bond donors (Lipinski definition) is 0. The van der Waals surface area contributed by atoms with E-state index >= 15 is 0 Å². The SMILES string of the molecule is Cc1cc(C)c(C)c(S(=O)(=O)N(C)c2ccc(OCC(=O)N3CCCC3c3ccc(Br)c(F)c3)cc2)c1C. The largest absolute Gasteiger partial charge is 0.484 e. The van der Waals surface area contributed by atoms with Crippen LogP contribution < -0.4 is 9.04 Å². The van der Waals surface area contributed by atoms with Gasteiger partial charge in [0, 0.05) is 13.6 Å². The van der Waals surface area contributed by atoms with E-state index in [4.69, 9.17) is 4.74 Å². The molecule has 0 bridgehead atoms. The van der Waals surface area contributed by atoms with Gasteiger partial charge in [-0.05, 0) is 121 Å². The van der Waals surface area contributed by atoms with Crippen LogP contribution >= 0.6 is 15.9 Å². The van der Waals surface area contributed by atoms with Crippen molar-refractivity contribution in [1.82, 2.24) is 4.90 Å². The number of aryl methyl sites for hydroxylation is 2. The molecular weight excluding hydrogens is 571 g/mol. The third kappa shape index (κ3) is 5.45. The van der Waals surface area contributed by atoms with Crippen LogP contribution in [-0.4, -0.2) is 39.4 Å². The Hall–Kier alpha value is -2.91. The van der Waals surface area contributed by atoms with Gasteiger partial charge in [-0.3, -0.25) is 9.10 Å². The maximum atomic E-state index is 14.0. The van der Waals surface area contributed by atoms with Crippen molar-refractivity contribution in [3.05, 3.63) is 86.6 Å². The first-order valence-electron chi connectivity index (χ1n) is 12.5. The molecule has 0 spiro atoms. The topological polar surface area (TPSA) is 66.9 Å². The molecule has 1 atom stereocenters. The van der Waals surface area contributed by atoms with Crippen molar-refractivity contribution in [1.29, 1.82) is 0 Å². The third-order valence-corrected chi connectivity index (χ3v) is 10.1.